The summed E-state index contributed by atoms with van der Waals surface area (Å²) in [7, 11) is 0. The molecule has 2 rings (SSSR count). The summed E-state index contributed by atoms with van der Waals surface area (Å²) in [5.74, 6) is 0.262. The van der Waals surface area contributed by atoms with Gasteiger partial charge in [0.05, 0.1) is 16.7 Å². The Balaban J connectivity index is 2.14. The van der Waals surface area contributed by atoms with Gasteiger partial charge in [0.2, 0.25) is 0 Å². The number of hydrogen-bond acceptors (Lipinski definition) is 4. The van der Waals surface area contributed by atoms with E-state index in [1.807, 2.05) is 6.92 Å². The minimum absolute atomic E-state index is 0.171. The van der Waals surface area contributed by atoms with Gasteiger partial charge in [-0.3, -0.25) is 4.79 Å². The molecule has 0 radical (unpaired) electrons. The number of aliphatic hydroxyl groups is 1. The fourth-order valence-corrected chi connectivity index (χ4v) is 2.15. The summed E-state index contributed by atoms with van der Waals surface area (Å²) in [5.41, 5.74) is 5.90. The highest BCUT2D eigenvalue weighted by atomic mass is 35.5. The summed E-state index contributed by atoms with van der Waals surface area (Å²) >= 11 is 5.84. The van der Waals surface area contributed by atoms with Crippen LogP contribution in [-0.4, -0.2) is 40.1 Å². The van der Waals surface area contributed by atoms with Gasteiger partial charge in [0.15, 0.2) is 0 Å². The number of hydrogen-bond donors (Lipinski definition) is 2. The van der Waals surface area contributed by atoms with Gasteiger partial charge in [-0.15, -0.1) is 0 Å². The van der Waals surface area contributed by atoms with Crippen molar-refractivity contribution in [2.24, 2.45) is 5.92 Å². The lowest BCUT2D eigenvalue weighted by molar-refractivity contribution is 0.0248. The fourth-order valence-electron chi connectivity index (χ4n) is 1.98. The number of amides is 1. The molecule has 2 heterocycles. The molecule has 3 N–H and O–H groups in total. The van der Waals surface area contributed by atoms with E-state index in [9.17, 15) is 9.90 Å². The zero-order chi connectivity index (χ0) is 13.3. The number of nitrogens with zero attached hydrogens (tertiary/aromatic N) is 2. The monoisotopic (exact) mass is 269 g/mol. The summed E-state index contributed by atoms with van der Waals surface area (Å²) in [6, 6.07) is 1.51. The van der Waals surface area contributed by atoms with Gasteiger partial charge < -0.3 is 15.7 Å². The Hall–Kier alpha value is -1.33. The molecule has 98 valence electrons. The molecule has 2 atom stereocenters. The van der Waals surface area contributed by atoms with Crippen molar-refractivity contribution in [2.75, 3.05) is 18.8 Å². The molecular weight excluding hydrogens is 254 g/mol. The summed E-state index contributed by atoms with van der Waals surface area (Å²) < 4.78 is 0. The molecule has 6 heteroatoms. The molecule has 1 saturated heterocycles. The number of nitrogens with two attached hydrogens (primary N) is 1. The number of carbonyl (C=O) groups excluding carboxylic acids is 1. The van der Waals surface area contributed by atoms with Crippen molar-refractivity contribution in [2.45, 2.75) is 19.4 Å². The fraction of sp³-hybridized carbons (Fsp3) is 0.500. The first-order chi connectivity index (χ1) is 8.49. The smallest absolute Gasteiger partial charge is 0.255 e. The van der Waals surface area contributed by atoms with Gasteiger partial charge in [0.1, 0.15) is 5.82 Å². The molecule has 1 aliphatic heterocycles. The van der Waals surface area contributed by atoms with E-state index < -0.39 is 6.10 Å². The maximum absolute atomic E-state index is 12.2. The van der Waals surface area contributed by atoms with E-state index in [-0.39, 0.29) is 22.7 Å². The minimum Gasteiger partial charge on any atom is -0.391 e. The number of piperidine rings is 1. The molecule has 0 aliphatic carbocycles. The second-order valence-corrected chi connectivity index (χ2v) is 5.08. The Bertz CT molecular complexity index is 467. The number of aliphatic hydroxyl groups excluding tert-OH is 1. The maximum Gasteiger partial charge on any atom is 0.255 e. The van der Waals surface area contributed by atoms with Crippen molar-refractivity contribution in [3.05, 3.63) is 22.8 Å². The van der Waals surface area contributed by atoms with Crippen molar-refractivity contribution in [3.8, 4) is 0 Å². The lowest BCUT2D eigenvalue weighted by atomic mass is 9.95. The average molecular weight is 270 g/mol. The number of pyridine rings is 1. The summed E-state index contributed by atoms with van der Waals surface area (Å²) in [6.07, 6.45) is 1.73. The lowest BCUT2D eigenvalue weighted by Crippen LogP contribution is -2.45. The number of nitrogen functional groups attached to an aromatic ring is 1. The third kappa shape index (κ3) is 2.57. The molecule has 5 nitrogen and oxygen atoms in total. The third-order valence-electron chi connectivity index (χ3n) is 3.32. The Kier molecular flexibility index (Phi) is 3.73. The van der Waals surface area contributed by atoms with Gasteiger partial charge in [-0.2, -0.15) is 0 Å². The summed E-state index contributed by atoms with van der Waals surface area (Å²) in [4.78, 5) is 17.7. The van der Waals surface area contributed by atoms with Gasteiger partial charge in [-0.25, -0.2) is 4.98 Å². The van der Waals surface area contributed by atoms with Crippen LogP contribution in [0.15, 0.2) is 12.3 Å². The molecule has 18 heavy (non-hydrogen) atoms. The zero-order valence-electron chi connectivity index (χ0n) is 10.1. The van der Waals surface area contributed by atoms with Crippen LogP contribution in [0.1, 0.15) is 23.7 Å². The van der Waals surface area contributed by atoms with Gasteiger partial charge in [0, 0.05) is 19.3 Å². The van der Waals surface area contributed by atoms with E-state index in [0.717, 1.165) is 6.42 Å². The van der Waals surface area contributed by atoms with Gasteiger partial charge >= 0.3 is 0 Å². The number of carbonyl (C=O) groups is 1. The lowest BCUT2D eigenvalue weighted by Gasteiger charge is -2.34. The van der Waals surface area contributed by atoms with Crippen LogP contribution in [0.3, 0.4) is 0 Å². The molecular formula is C12H16ClN3O2. The predicted molar refractivity (Wildman–Crippen MR) is 69.4 cm³/mol. The number of anilines is 1. The normalized spacial score (nSPS) is 24.1. The van der Waals surface area contributed by atoms with Crippen LogP contribution in [0.25, 0.3) is 0 Å². The summed E-state index contributed by atoms with van der Waals surface area (Å²) in [6.45, 7) is 2.97. The number of likely N-dealkylation sites (tertiary alicyclic amines) is 1. The largest absolute Gasteiger partial charge is 0.391 e. The van der Waals surface area contributed by atoms with Crippen LogP contribution in [0.5, 0.6) is 0 Å². The number of aromatic nitrogens is 1. The Morgan fingerprint density at radius 1 is 1.67 bits per heavy atom. The van der Waals surface area contributed by atoms with E-state index in [0.29, 0.717) is 18.7 Å². The van der Waals surface area contributed by atoms with E-state index in [2.05, 4.69) is 4.98 Å². The van der Waals surface area contributed by atoms with Crippen LogP contribution >= 0.6 is 11.6 Å². The van der Waals surface area contributed by atoms with Crippen molar-refractivity contribution in [3.63, 3.8) is 0 Å². The SMILES string of the molecule is CC1CCN(C(=O)c2cnc(N)c(Cl)c2)CC1O. The highest BCUT2D eigenvalue weighted by Crippen LogP contribution is 2.21. The average Bonchev–Trinajstić information content (AvgIpc) is 2.35. The number of halogens is 1. The molecule has 1 aromatic rings. The van der Waals surface area contributed by atoms with Crippen molar-refractivity contribution >= 4 is 23.3 Å². The predicted octanol–water partition coefficient (Wildman–Crippen LogP) is 1.16. The molecule has 0 saturated carbocycles. The van der Waals surface area contributed by atoms with E-state index in [1.54, 1.807) is 4.90 Å². The topological polar surface area (TPSA) is 79.5 Å². The van der Waals surface area contributed by atoms with Gasteiger partial charge in [-0.05, 0) is 18.4 Å². The van der Waals surface area contributed by atoms with E-state index >= 15 is 0 Å². The van der Waals surface area contributed by atoms with E-state index in [4.69, 9.17) is 17.3 Å². The Morgan fingerprint density at radius 3 is 3.00 bits per heavy atom. The Morgan fingerprint density at radius 2 is 2.39 bits per heavy atom. The highest BCUT2D eigenvalue weighted by molar-refractivity contribution is 6.33. The highest BCUT2D eigenvalue weighted by Gasteiger charge is 2.28. The van der Waals surface area contributed by atoms with Crippen LogP contribution in [0.2, 0.25) is 5.02 Å². The molecule has 1 aromatic heterocycles. The quantitative estimate of drug-likeness (QED) is 0.802. The molecule has 0 aromatic carbocycles. The first-order valence-electron chi connectivity index (χ1n) is 5.87. The molecule has 1 aliphatic rings. The Labute approximate surface area is 111 Å². The zero-order valence-corrected chi connectivity index (χ0v) is 10.9. The van der Waals surface area contributed by atoms with Crippen molar-refractivity contribution < 1.29 is 9.90 Å². The molecule has 0 spiro atoms. The van der Waals surface area contributed by atoms with Gasteiger partial charge in [0.25, 0.3) is 5.91 Å². The second-order valence-electron chi connectivity index (χ2n) is 4.68. The third-order valence-corrected chi connectivity index (χ3v) is 3.63. The minimum atomic E-state index is -0.472. The van der Waals surface area contributed by atoms with Crippen LogP contribution in [0, 0.1) is 5.92 Å². The molecule has 2 unspecified atom stereocenters. The maximum atomic E-state index is 12.2. The van der Waals surface area contributed by atoms with Crippen LogP contribution in [0.4, 0.5) is 5.82 Å². The first-order valence-corrected chi connectivity index (χ1v) is 6.25. The standard InChI is InChI=1S/C12H16ClN3O2/c1-7-2-3-16(6-10(7)17)12(18)8-4-9(13)11(14)15-5-8/h4-5,7,10,17H,2-3,6H2,1H3,(H2,14,15). The van der Waals surface area contributed by atoms with Crippen molar-refractivity contribution in [1.82, 2.24) is 9.88 Å². The van der Waals surface area contributed by atoms with Gasteiger partial charge in [-0.1, -0.05) is 18.5 Å². The summed E-state index contributed by atoms with van der Waals surface area (Å²) in [5, 5.41) is 10.1. The molecule has 1 amide bonds. The first kappa shape index (κ1) is 13.1. The number of β-amino-alcohol motifs (C(OH)–C–C–N with tert-alkyl or cyclic N) is 1. The van der Waals surface area contributed by atoms with Crippen LogP contribution < -0.4 is 5.73 Å². The molecule has 0 bridgehead atoms. The van der Waals surface area contributed by atoms with Crippen molar-refractivity contribution in [1.29, 1.82) is 0 Å². The second kappa shape index (κ2) is 5.12. The molecule has 1 fully saturated rings. The van der Waals surface area contributed by atoms with Crippen LogP contribution in [-0.2, 0) is 0 Å². The van der Waals surface area contributed by atoms with E-state index in [1.165, 1.54) is 12.3 Å². The number of rotatable bonds is 1.